The van der Waals surface area contributed by atoms with E-state index >= 15 is 0 Å². The summed E-state index contributed by atoms with van der Waals surface area (Å²) in [4.78, 5) is 43.3. The number of carbonyl (C=O) groups excluding carboxylic acids is 3. The Labute approximate surface area is 221 Å². The van der Waals surface area contributed by atoms with Crippen molar-refractivity contribution in [3.8, 4) is 6.07 Å². The van der Waals surface area contributed by atoms with Gasteiger partial charge in [0.1, 0.15) is 23.6 Å². The number of nitrogens with zero attached hydrogens (tertiary/aromatic N) is 2. The van der Waals surface area contributed by atoms with Gasteiger partial charge in [-0.05, 0) is 55.7 Å². The fourth-order valence-electron chi connectivity index (χ4n) is 6.20. The van der Waals surface area contributed by atoms with Gasteiger partial charge in [-0.25, -0.2) is 13.2 Å². The average Bonchev–Trinajstić information content (AvgIpc) is 3.53. The molecule has 1 aromatic heterocycles. The van der Waals surface area contributed by atoms with E-state index in [4.69, 9.17) is 11.6 Å². The normalized spacial score (nSPS) is 27.1. The summed E-state index contributed by atoms with van der Waals surface area (Å²) in [5.74, 6) is -6.97. The minimum Gasteiger partial charge on any atom is -0.356 e. The predicted molar refractivity (Wildman–Crippen MR) is 132 cm³/mol. The summed E-state index contributed by atoms with van der Waals surface area (Å²) in [6, 6.07) is 2.26. The van der Waals surface area contributed by atoms with Gasteiger partial charge in [-0.1, -0.05) is 11.6 Å². The molecule has 202 valence electrons. The summed E-state index contributed by atoms with van der Waals surface area (Å²) in [6.45, 7) is 2.10. The summed E-state index contributed by atoms with van der Waals surface area (Å²) in [7, 11) is 0. The standard InChI is InChI=1S/C26H27ClF3N5O3/c1-12-5-18(28)16-7-19(34-21(16)20(12)27)25(38)35-11-14-8-26(29,30)9-17(14)22(35)24(37)33-15(10-31)6-13-3-2-4-32-23(13)36/h5,7,13-15,17,22,34H,2-4,6,8-9,11H2,1H3,(H,32,36)(H,33,37)/t13-,14+,15+,17+,22+/m0/s1. The maximum absolute atomic E-state index is 14.6. The summed E-state index contributed by atoms with van der Waals surface area (Å²) < 4.78 is 43.2. The van der Waals surface area contributed by atoms with Crippen LogP contribution in [0.1, 0.15) is 48.2 Å². The number of fused-ring (bicyclic) bond motifs is 2. The quantitative estimate of drug-likeness (QED) is 0.527. The molecule has 5 atom stereocenters. The Balaban J connectivity index is 1.41. The Bertz CT molecular complexity index is 1360. The second-order valence-corrected chi connectivity index (χ2v) is 11.0. The van der Waals surface area contributed by atoms with Crippen molar-refractivity contribution < 1.29 is 27.6 Å². The van der Waals surface area contributed by atoms with Gasteiger partial charge < -0.3 is 20.5 Å². The lowest BCUT2D eigenvalue weighted by atomic mass is 9.90. The highest BCUT2D eigenvalue weighted by atomic mass is 35.5. The van der Waals surface area contributed by atoms with E-state index in [1.165, 1.54) is 17.0 Å². The van der Waals surface area contributed by atoms with Gasteiger partial charge in [0.05, 0.1) is 16.6 Å². The number of nitrogens with one attached hydrogen (secondary N) is 3. The van der Waals surface area contributed by atoms with Crippen LogP contribution in [0.25, 0.3) is 10.9 Å². The van der Waals surface area contributed by atoms with E-state index in [-0.39, 0.29) is 40.5 Å². The maximum Gasteiger partial charge on any atom is 0.271 e. The fraction of sp³-hybridized carbons (Fsp3) is 0.538. The van der Waals surface area contributed by atoms with Gasteiger partial charge in [-0.15, -0.1) is 0 Å². The number of hydrogen-bond donors (Lipinski definition) is 3. The Morgan fingerprint density at radius 3 is 2.82 bits per heavy atom. The lowest BCUT2D eigenvalue weighted by Gasteiger charge is -2.29. The minimum atomic E-state index is -2.97. The van der Waals surface area contributed by atoms with Gasteiger partial charge in [0.25, 0.3) is 5.91 Å². The van der Waals surface area contributed by atoms with Crippen LogP contribution >= 0.6 is 11.6 Å². The number of aromatic nitrogens is 1. The monoisotopic (exact) mass is 549 g/mol. The average molecular weight is 550 g/mol. The van der Waals surface area contributed by atoms with Crippen molar-refractivity contribution in [3.63, 3.8) is 0 Å². The van der Waals surface area contributed by atoms with E-state index < -0.39 is 66.2 Å². The zero-order valence-electron chi connectivity index (χ0n) is 20.6. The number of amides is 3. The van der Waals surface area contributed by atoms with Gasteiger partial charge in [0.2, 0.25) is 17.7 Å². The molecule has 0 spiro atoms. The summed E-state index contributed by atoms with van der Waals surface area (Å²) >= 11 is 6.30. The SMILES string of the molecule is Cc1cc(F)c2cc(C(=O)N3C[C@H]4CC(F)(F)C[C@H]4[C@@H]3C(=O)N[C@@H](C#N)C[C@@H]3CCCNC3=O)[nH]c2c1Cl. The van der Waals surface area contributed by atoms with Crippen molar-refractivity contribution >= 4 is 40.2 Å². The number of aryl methyl sites for hydroxylation is 1. The van der Waals surface area contributed by atoms with Gasteiger partial charge in [-0.3, -0.25) is 14.4 Å². The zero-order chi connectivity index (χ0) is 27.4. The van der Waals surface area contributed by atoms with E-state index in [9.17, 15) is 32.8 Å². The fourth-order valence-corrected chi connectivity index (χ4v) is 6.41. The van der Waals surface area contributed by atoms with Crippen LogP contribution in [0.5, 0.6) is 0 Å². The van der Waals surface area contributed by atoms with Crippen molar-refractivity contribution in [1.82, 2.24) is 20.5 Å². The topological polar surface area (TPSA) is 118 Å². The molecule has 3 heterocycles. The molecule has 5 rings (SSSR count). The highest BCUT2D eigenvalue weighted by molar-refractivity contribution is 6.36. The van der Waals surface area contributed by atoms with Gasteiger partial charge in [0.15, 0.2) is 0 Å². The molecular formula is C26H27ClF3N5O3. The first-order valence-corrected chi connectivity index (χ1v) is 13.0. The van der Waals surface area contributed by atoms with Crippen molar-refractivity contribution in [2.45, 2.75) is 57.0 Å². The number of alkyl halides is 2. The third kappa shape index (κ3) is 4.70. The van der Waals surface area contributed by atoms with Crippen LogP contribution in [-0.4, -0.2) is 58.7 Å². The van der Waals surface area contributed by atoms with E-state index in [1.54, 1.807) is 6.92 Å². The molecule has 0 bridgehead atoms. The molecule has 3 fully saturated rings. The summed E-state index contributed by atoms with van der Waals surface area (Å²) in [5, 5.41) is 15.3. The van der Waals surface area contributed by atoms with E-state index in [2.05, 4.69) is 15.6 Å². The molecule has 12 heteroatoms. The second-order valence-electron chi connectivity index (χ2n) is 10.6. The van der Waals surface area contributed by atoms with E-state index in [1.807, 2.05) is 6.07 Å². The molecule has 1 aromatic carbocycles. The van der Waals surface area contributed by atoms with Crippen molar-refractivity contribution in [1.29, 1.82) is 5.26 Å². The number of aromatic amines is 1. The largest absolute Gasteiger partial charge is 0.356 e. The molecular weight excluding hydrogens is 523 g/mol. The van der Waals surface area contributed by atoms with Gasteiger partial charge in [0, 0.05) is 37.2 Å². The Morgan fingerprint density at radius 1 is 1.34 bits per heavy atom. The number of H-pyrrole nitrogens is 1. The lowest BCUT2D eigenvalue weighted by Crippen LogP contribution is -2.52. The molecule has 3 aliphatic rings. The molecule has 38 heavy (non-hydrogen) atoms. The molecule has 3 amide bonds. The minimum absolute atomic E-state index is 0.0216. The van der Waals surface area contributed by atoms with Crippen LogP contribution in [0.3, 0.4) is 0 Å². The number of halogens is 4. The number of benzene rings is 1. The van der Waals surface area contributed by atoms with E-state index in [0.717, 1.165) is 6.42 Å². The summed E-state index contributed by atoms with van der Waals surface area (Å²) in [5.41, 5.74) is 0.684. The van der Waals surface area contributed by atoms with Crippen LogP contribution in [-0.2, 0) is 9.59 Å². The number of piperidine rings is 1. The number of likely N-dealkylation sites (tertiary alicyclic amines) is 1. The number of rotatable bonds is 5. The molecule has 0 unspecified atom stereocenters. The number of hydrogen-bond acceptors (Lipinski definition) is 4. The molecule has 0 radical (unpaired) electrons. The van der Waals surface area contributed by atoms with Crippen molar-refractivity contribution in [3.05, 3.63) is 34.2 Å². The van der Waals surface area contributed by atoms with Crippen molar-refractivity contribution in [2.24, 2.45) is 17.8 Å². The third-order valence-electron chi connectivity index (χ3n) is 8.01. The Kier molecular flexibility index (Phi) is 6.80. The molecule has 2 aliphatic heterocycles. The van der Waals surface area contributed by atoms with Crippen LogP contribution in [0.15, 0.2) is 12.1 Å². The van der Waals surface area contributed by atoms with Crippen LogP contribution in [0.4, 0.5) is 13.2 Å². The van der Waals surface area contributed by atoms with Crippen LogP contribution in [0, 0.1) is 41.8 Å². The highest BCUT2D eigenvalue weighted by Gasteiger charge is 2.58. The molecule has 1 aliphatic carbocycles. The molecule has 3 N–H and O–H groups in total. The van der Waals surface area contributed by atoms with Gasteiger partial charge in [-0.2, -0.15) is 5.26 Å². The first-order chi connectivity index (χ1) is 18.0. The van der Waals surface area contributed by atoms with E-state index in [0.29, 0.717) is 18.5 Å². The predicted octanol–water partition coefficient (Wildman–Crippen LogP) is 3.68. The van der Waals surface area contributed by atoms with Gasteiger partial charge >= 0.3 is 0 Å². The number of nitriles is 1. The number of carbonyl (C=O) groups is 3. The Morgan fingerprint density at radius 2 is 2.11 bits per heavy atom. The van der Waals surface area contributed by atoms with Crippen molar-refractivity contribution in [2.75, 3.05) is 13.1 Å². The zero-order valence-corrected chi connectivity index (χ0v) is 21.4. The lowest BCUT2D eigenvalue weighted by molar-refractivity contribution is -0.129. The first-order valence-electron chi connectivity index (χ1n) is 12.6. The maximum atomic E-state index is 14.6. The highest BCUT2D eigenvalue weighted by Crippen LogP contribution is 2.50. The van der Waals surface area contributed by atoms with Crippen LogP contribution < -0.4 is 10.6 Å². The molecule has 2 aromatic rings. The molecule has 8 nitrogen and oxygen atoms in total. The first kappa shape index (κ1) is 26.4. The second kappa shape index (κ2) is 9.80. The molecule has 2 saturated heterocycles. The van der Waals surface area contributed by atoms with Crippen LogP contribution in [0.2, 0.25) is 5.02 Å². The smallest absolute Gasteiger partial charge is 0.271 e. The third-order valence-corrected chi connectivity index (χ3v) is 8.50. The molecule has 1 saturated carbocycles. The Hall–Kier alpha value is -3.26. The summed E-state index contributed by atoms with van der Waals surface area (Å²) in [6.07, 6.45) is 0.387.